The Morgan fingerprint density at radius 1 is 1.04 bits per heavy atom. The lowest BCUT2D eigenvalue weighted by Crippen LogP contribution is -2.37. The smallest absolute Gasteiger partial charge is 0.314 e. The van der Waals surface area contributed by atoms with E-state index in [0.717, 1.165) is 5.56 Å². The van der Waals surface area contributed by atoms with Crippen LogP contribution in [0.25, 0.3) is 0 Å². The van der Waals surface area contributed by atoms with Crippen molar-refractivity contribution in [3.05, 3.63) is 64.9 Å². The van der Waals surface area contributed by atoms with E-state index in [4.69, 9.17) is 16.3 Å². The van der Waals surface area contributed by atoms with Crippen LogP contribution >= 0.6 is 11.6 Å². The lowest BCUT2D eigenvalue weighted by Gasteiger charge is -2.09. The molecule has 0 saturated heterocycles. The van der Waals surface area contributed by atoms with E-state index < -0.39 is 0 Å². The molecule has 2 aromatic rings. The van der Waals surface area contributed by atoms with Gasteiger partial charge in [0.2, 0.25) is 0 Å². The highest BCUT2D eigenvalue weighted by Crippen LogP contribution is 2.22. The minimum atomic E-state index is -0.261. The molecule has 2 rings (SSSR count). The molecular weight excluding hydrogens is 331 g/mol. The van der Waals surface area contributed by atoms with Crippen molar-refractivity contribution in [3.63, 3.8) is 0 Å². The van der Waals surface area contributed by atoms with E-state index in [1.165, 1.54) is 12.1 Å². The fourth-order valence-electron chi connectivity index (χ4n) is 2.05. The van der Waals surface area contributed by atoms with Crippen LogP contribution in [0.4, 0.5) is 9.18 Å². The summed E-state index contributed by atoms with van der Waals surface area (Å²) in [7, 11) is 0. The normalized spacial score (nSPS) is 10.2. The number of benzene rings is 2. The highest BCUT2D eigenvalue weighted by molar-refractivity contribution is 6.32. The molecule has 0 aliphatic heterocycles. The van der Waals surface area contributed by atoms with Crippen molar-refractivity contribution < 1.29 is 13.9 Å². The molecule has 0 heterocycles. The Morgan fingerprint density at radius 3 is 2.50 bits per heavy atom. The van der Waals surface area contributed by atoms with Crippen LogP contribution in [-0.4, -0.2) is 25.7 Å². The van der Waals surface area contributed by atoms with Crippen molar-refractivity contribution in [2.24, 2.45) is 0 Å². The Balaban J connectivity index is 1.53. The van der Waals surface area contributed by atoms with Crippen LogP contribution in [0.3, 0.4) is 0 Å². The van der Waals surface area contributed by atoms with Crippen molar-refractivity contribution in [1.29, 1.82) is 0 Å². The minimum absolute atomic E-state index is 0.227. The third-order valence-electron chi connectivity index (χ3n) is 3.31. The molecule has 0 unspecified atom stereocenters. The average molecular weight is 351 g/mol. The number of hydrogen-bond donors (Lipinski definition) is 2. The van der Waals surface area contributed by atoms with Crippen LogP contribution in [0, 0.1) is 5.82 Å². The zero-order valence-electron chi connectivity index (χ0n) is 13.2. The molecule has 2 aromatic carbocycles. The maximum atomic E-state index is 12.8. The first kappa shape index (κ1) is 18.1. The van der Waals surface area contributed by atoms with Gasteiger partial charge in [0.05, 0.1) is 11.6 Å². The molecule has 0 fully saturated rings. The Labute approximate surface area is 146 Å². The van der Waals surface area contributed by atoms with Crippen LogP contribution in [0.1, 0.15) is 12.0 Å². The number of carbonyl (C=O) groups excluding carboxylic acids is 1. The quantitative estimate of drug-likeness (QED) is 0.712. The van der Waals surface area contributed by atoms with E-state index in [0.29, 0.717) is 43.3 Å². The zero-order chi connectivity index (χ0) is 17.2. The molecule has 2 N–H and O–H groups in total. The number of nitrogens with one attached hydrogen (secondary N) is 2. The highest BCUT2D eigenvalue weighted by atomic mass is 35.5. The Hall–Kier alpha value is -2.27. The van der Waals surface area contributed by atoms with Crippen LogP contribution in [0.5, 0.6) is 5.75 Å². The minimum Gasteiger partial charge on any atom is -0.492 e. The predicted octanol–water partition coefficient (Wildman–Crippen LogP) is 3.79. The number of halogens is 2. The fourth-order valence-corrected chi connectivity index (χ4v) is 2.24. The van der Waals surface area contributed by atoms with E-state index >= 15 is 0 Å². The molecule has 0 spiro atoms. The third kappa shape index (κ3) is 6.46. The molecule has 2 amide bonds. The summed E-state index contributed by atoms with van der Waals surface area (Å²) >= 11 is 5.98. The zero-order valence-corrected chi connectivity index (χ0v) is 14.0. The Bertz CT molecular complexity index is 650. The van der Waals surface area contributed by atoms with Crippen LogP contribution < -0.4 is 15.4 Å². The molecule has 6 heteroatoms. The summed E-state index contributed by atoms with van der Waals surface area (Å²) in [6, 6.07) is 13.3. The number of para-hydroxylation sites is 1. The van der Waals surface area contributed by atoms with Crippen LogP contribution in [-0.2, 0) is 6.42 Å². The fraction of sp³-hybridized carbons (Fsp3) is 0.278. The second kappa shape index (κ2) is 9.78. The molecule has 0 atom stereocenters. The number of hydrogen-bond acceptors (Lipinski definition) is 2. The number of rotatable bonds is 8. The number of urea groups is 1. The Kier molecular flexibility index (Phi) is 7.36. The van der Waals surface area contributed by atoms with Gasteiger partial charge in [-0.05, 0) is 42.7 Å². The summed E-state index contributed by atoms with van der Waals surface area (Å²) in [5.74, 6) is 0.381. The monoisotopic (exact) mass is 350 g/mol. The summed E-state index contributed by atoms with van der Waals surface area (Å²) < 4.78 is 18.3. The first-order valence-electron chi connectivity index (χ1n) is 7.78. The van der Waals surface area contributed by atoms with E-state index in [1.54, 1.807) is 24.3 Å². The van der Waals surface area contributed by atoms with E-state index in [-0.39, 0.29) is 11.8 Å². The largest absolute Gasteiger partial charge is 0.492 e. The van der Waals surface area contributed by atoms with Gasteiger partial charge in [0.25, 0.3) is 0 Å². The topological polar surface area (TPSA) is 50.4 Å². The lowest BCUT2D eigenvalue weighted by atomic mass is 10.1. The number of ether oxygens (including phenoxy) is 1. The summed E-state index contributed by atoms with van der Waals surface area (Å²) in [6.07, 6.45) is 1.33. The lowest BCUT2D eigenvalue weighted by molar-refractivity contribution is 0.239. The third-order valence-corrected chi connectivity index (χ3v) is 3.63. The first-order chi connectivity index (χ1) is 11.6. The summed E-state index contributed by atoms with van der Waals surface area (Å²) in [5, 5.41) is 6.09. The predicted molar refractivity (Wildman–Crippen MR) is 93.1 cm³/mol. The van der Waals surface area contributed by atoms with Crippen molar-refractivity contribution >= 4 is 17.6 Å². The summed E-state index contributed by atoms with van der Waals surface area (Å²) in [5.41, 5.74) is 0.977. The number of amides is 2. The second-order valence-electron chi connectivity index (χ2n) is 5.19. The van der Waals surface area contributed by atoms with Gasteiger partial charge in [0.15, 0.2) is 0 Å². The van der Waals surface area contributed by atoms with Gasteiger partial charge in [-0.2, -0.15) is 0 Å². The molecule has 4 nitrogen and oxygen atoms in total. The molecule has 0 aromatic heterocycles. The van der Waals surface area contributed by atoms with Gasteiger partial charge < -0.3 is 15.4 Å². The summed E-state index contributed by atoms with van der Waals surface area (Å²) in [6.45, 7) is 1.47. The van der Waals surface area contributed by atoms with Gasteiger partial charge in [-0.15, -0.1) is 0 Å². The van der Waals surface area contributed by atoms with Gasteiger partial charge in [-0.3, -0.25) is 0 Å². The van der Waals surface area contributed by atoms with Gasteiger partial charge in [-0.25, -0.2) is 9.18 Å². The van der Waals surface area contributed by atoms with Gasteiger partial charge in [-0.1, -0.05) is 35.9 Å². The molecule has 0 saturated carbocycles. The van der Waals surface area contributed by atoms with Crippen molar-refractivity contribution in [2.45, 2.75) is 12.8 Å². The van der Waals surface area contributed by atoms with E-state index in [1.807, 2.05) is 12.1 Å². The summed E-state index contributed by atoms with van der Waals surface area (Å²) in [4.78, 5) is 11.6. The van der Waals surface area contributed by atoms with Crippen molar-refractivity contribution in [3.8, 4) is 5.75 Å². The highest BCUT2D eigenvalue weighted by Gasteiger charge is 2.01. The average Bonchev–Trinajstić information content (AvgIpc) is 2.58. The maximum Gasteiger partial charge on any atom is 0.314 e. The molecule has 0 aliphatic carbocycles. The molecule has 128 valence electrons. The Morgan fingerprint density at radius 2 is 1.75 bits per heavy atom. The first-order valence-corrected chi connectivity index (χ1v) is 8.16. The standard InChI is InChI=1S/C18H20ClFN2O2/c19-16-4-1-2-5-17(16)24-13-3-11-21-18(23)22-12-10-14-6-8-15(20)9-7-14/h1-2,4-9H,3,10-13H2,(H2,21,22,23). The SMILES string of the molecule is O=C(NCCCOc1ccccc1Cl)NCCc1ccc(F)cc1. The second-order valence-corrected chi connectivity index (χ2v) is 5.60. The van der Waals surface area contributed by atoms with E-state index in [2.05, 4.69) is 10.6 Å². The van der Waals surface area contributed by atoms with Gasteiger partial charge >= 0.3 is 6.03 Å². The maximum absolute atomic E-state index is 12.8. The molecule has 0 aliphatic rings. The molecule has 0 radical (unpaired) electrons. The van der Waals surface area contributed by atoms with Crippen LogP contribution in [0.2, 0.25) is 5.02 Å². The van der Waals surface area contributed by atoms with Crippen LogP contribution in [0.15, 0.2) is 48.5 Å². The van der Waals surface area contributed by atoms with Crippen molar-refractivity contribution in [2.75, 3.05) is 19.7 Å². The molecule has 0 bridgehead atoms. The molecular formula is C18H20ClFN2O2. The van der Waals surface area contributed by atoms with E-state index in [9.17, 15) is 9.18 Å². The van der Waals surface area contributed by atoms with Gasteiger partial charge in [0, 0.05) is 13.1 Å². The van der Waals surface area contributed by atoms with Crippen molar-refractivity contribution in [1.82, 2.24) is 10.6 Å². The van der Waals surface area contributed by atoms with Gasteiger partial charge in [0.1, 0.15) is 11.6 Å². The number of carbonyl (C=O) groups is 1. The molecule has 24 heavy (non-hydrogen) atoms.